The molecular weight excluding hydrogens is 312 g/mol. The van der Waals surface area contributed by atoms with Gasteiger partial charge >= 0.3 is 5.88 Å². The third kappa shape index (κ3) is 3.12. The van der Waals surface area contributed by atoms with Crippen LogP contribution in [0.4, 0.5) is 5.88 Å². The van der Waals surface area contributed by atoms with Gasteiger partial charge in [0.15, 0.2) is 5.76 Å². The van der Waals surface area contributed by atoms with Crippen molar-refractivity contribution in [3.8, 4) is 0 Å². The Morgan fingerprint density at radius 3 is 2.83 bits per heavy atom. The Kier molecular flexibility index (Phi) is 4.28. The molecule has 3 rings (SSSR count). The molecule has 0 bridgehead atoms. The second kappa shape index (κ2) is 6.53. The van der Waals surface area contributed by atoms with Crippen molar-refractivity contribution in [2.75, 3.05) is 6.54 Å². The number of nitro groups is 1. The lowest BCUT2D eigenvalue weighted by Crippen LogP contribution is -2.24. The number of aryl methyl sites for hydroxylation is 2. The van der Waals surface area contributed by atoms with E-state index in [4.69, 9.17) is 4.42 Å². The van der Waals surface area contributed by atoms with Crippen molar-refractivity contribution < 1.29 is 14.1 Å². The smallest absolute Gasteiger partial charge is 0.395 e. The lowest BCUT2D eigenvalue weighted by molar-refractivity contribution is -0.402. The Labute approximate surface area is 137 Å². The molecule has 0 saturated carbocycles. The minimum absolute atomic E-state index is 0.0653. The van der Waals surface area contributed by atoms with Crippen LogP contribution in [0.25, 0.3) is 11.0 Å². The predicted octanol–water partition coefficient (Wildman–Crippen LogP) is 2.44. The highest BCUT2D eigenvalue weighted by Crippen LogP contribution is 2.16. The van der Waals surface area contributed by atoms with Crippen molar-refractivity contribution in [1.29, 1.82) is 0 Å². The number of nitrogens with one attached hydrogen (secondary N) is 1. The van der Waals surface area contributed by atoms with E-state index in [-0.39, 0.29) is 5.76 Å². The molecule has 1 amide bonds. The SMILES string of the molecule is Cn1c(CCCNC(=O)c2ccc([N+](=O)[O-])o2)nc2ccccc21. The summed E-state index contributed by atoms with van der Waals surface area (Å²) in [5.41, 5.74) is 2.02. The van der Waals surface area contributed by atoms with Gasteiger partial charge in [-0.3, -0.25) is 14.9 Å². The molecule has 0 fully saturated rings. The molecule has 1 aromatic carbocycles. The maximum absolute atomic E-state index is 11.9. The van der Waals surface area contributed by atoms with Gasteiger partial charge in [0.25, 0.3) is 5.91 Å². The number of fused-ring (bicyclic) bond motifs is 1. The summed E-state index contributed by atoms with van der Waals surface area (Å²) in [6.07, 6.45) is 1.41. The fourth-order valence-electron chi connectivity index (χ4n) is 2.50. The maximum atomic E-state index is 11.9. The molecule has 0 radical (unpaired) electrons. The van der Waals surface area contributed by atoms with Crippen molar-refractivity contribution in [2.45, 2.75) is 12.8 Å². The number of furan rings is 1. The number of rotatable bonds is 6. The Bertz CT molecular complexity index is 897. The molecule has 8 nitrogen and oxygen atoms in total. The van der Waals surface area contributed by atoms with Crippen LogP contribution < -0.4 is 5.32 Å². The van der Waals surface area contributed by atoms with Crippen molar-refractivity contribution in [3.63, 3.8) is 0 Å². The monoisotopic (exact) mass is 328 g/mol. The van der Waals surface area contributed by atoms with Crippen molar-refractivity contribution in [2.24, 2.45) is 7.05 Å². The van der Waals surface area contributed by atoms with E-state index < -0.39 is 16.7 Å². The number of carbonyl (C=O) groups excluding carboxylic acids is 1. The summed E-state index contributed by atoms with van der Waals surface area (Å²) in [7, 11) is 1.96. The highest BCUT2D eigenvalue weighted by Gasteiger charge is 2.16. The zero-order valence-corrected chi connectivity index (χ0v) is 13.1. The topological polar surface area (TPSA) is 103 Å². The second-order valence-corrected chi connectivity index (χ2v) is 5.33. The molecule has 8 heteroatoms. The van der Waals surface area contributed by atoms with Crippen LogP contribution in [0.15, 0.2) is 40.8 Å². The zero-order valence-electron chi connectivity index (χ0n) is 13.1. The van der Waals surface area contributed by atoms with Gasteiger partial charge in [-0.05, 0) is 24.6 Å². The van der Waals surface area contributed by atoms with Crippen LogP contribution in [0.3, 0.4) is 0 Å². The number of carbonyl (C=O) groups is 1. The van der Waals surface area contributed by atoms with Gasteiger partial charge in [-0.25, -0.2) is 4.98 Å². The molecule has 0 aliphatic carbocycles. The van der Waals surface area contributed by atoms with Gasteiger partial charge in [0, 0.05) is 20.0 Å². The molecule has 0 atom stereocenters. The summed E-state index contributed by atoms with van der Waals surface area (Å²) in [5, 5.41) is 13.2. The summed E-state index contributed by atoms with van der Waals surface area (Å²) in [6, 6.07) is 10.3. The molecule has 0 aliphatic rings. The molecule has 2 heterocycles. The van der Waals surface area contributed by atoms with Crippen molar-refractivity contribution in [3.05, 3.63) is 58.1 Å². The first-order valence-corrected chi connectivity index (χ1v) is 7.49. The van der Waals surface area contributed by atoms with E-state index in [1.165, 1.54) is 6.07 Å². The Morgan fingerprint density at radius 2 is 2.12 bits per heavy atom. The summed E-state index contributed by atoms with van der Waals surface area (Å²) in [5.74, 6) is -0.0310. The van der Waals surface area contributed by atoms with Crippen LogP contribution in [0.1, 0.15) is 22.8 Å². The molecule has 1 N–H and O–H groups in total. The molecule has 2 aromatic heterocycles. The van der Waals surface area contributed by atoms with Gasteiger partial charge in [0.05, 0.1) is 17.1 Å². The summed E-state index contributed by atoms with van der Waals surface area (Å²) in [4.78, 5) is 26.3. The first-order chi connectivity index (χ1) is 11.6. The Hall–Kier alpha value is -3.16. The number of hydrogen-bond acceptors (Lipinski definition) is 5. The van der Waals surface area contributed by atoms with E-state index in [1.807, 2.05) is 35.9 Å². The van der Waals surface area contributed by atoms with E-state index in [1.54, 1.807) is 0 Å². The van der Waals surface area contributed by atoms with Gasteiger partial charge in [-0.2, -0.15) is 0 Å². The first-order valence-electron chi connectivity index (χ1n) is 7.49. The summed E-state index contributed by atoms with van der Waals surface area (Å²) < 4.78 is 6.89. The van der Waals surface area contributed by atoms with Crippen LogP contribution in [-0.2, 0) is 13.5 Å². The van der Waals surface area contributed by atoms with Gasteiger partial charge < -0.3 is 14.3 Å². The normalized spacial score (nSPS) is 10.9. The molecule has 0 unspecified atom stereocenters. The van der Waals surface area contributed by atoms with E-state index in [9.17, 15) is 14.9 Å². The zero-order chi connectivity index (χ0) is 17.1. The number of aromatic nitrogens is 2. The highest BCUT2D eigenvalue weighted by molar-refractivity contribution is 5.91. The van der Waals surface area contributed by atoms with Crippen LogP contribution in [-0.4, -0.2) is 26.9 Å². The Morgan fingerprint density at radius 1 is 1.33 bits per heavy atom. The van der Waals surface area contributed by atoms with Crippen LogP contribution in [0.2, 0.25) is 0 Å². The number of amides is 1. The maximum Gasteiger partial charge on any atom is 0.433 e. The van der Waals surface area contributed by atoms with Crippen molar-refractivity contribution in [1.82, 2.24) is 14.9 Å². The van der Waals surface area contributed by atoms with Gasteiger partial charge in [-0.15, -0.1) is 0 Å². The van der Waals surface area contributed by atoms with Gasteiger partial charge in [-0.1, -0.05) is 12.1 Å². The van der Waals surface area contributed by atoms with E-state index >= 15 is 0 Å². The van der Waals surface area contributed by atoms with E-state index in [2.05, 4.69) is 10.3 Å². The predicted molar refractivity (Wildman–Crippen MR) is 86.7 cm³/mol. The largest absolute Gasteiger partial charge is 0.433 e. The average molecular weight is 328 g/mol. The third-order valence-electron chi connectivity index (χ3n) is 3.74. The fraction of sp³-hybridized carbons (Fsp3) is 0.250. The Balaban J connectivity index is 1.53. The van der Waals surface area contributed by atoms with Gasteiger partial charge in [0.2, 0.25) is 0 Å². The number of benzene rings is 1. The van der Waals surface area contributed by atoms with E-state index in [0.717, 1.165) is 22.9 Å². The fourth-order valence-corrected chi connectivity index (χ4v) is 2.50. The molecule has 124 valence electrons. The number of para-hydroxylation sites is 2. The quantitative estimate of drug-likeness (QED) is 0.425. The average Bonchev–Trinajstić information content (AvgIpc) is 3.18. The summed E-state index contributed by atoms with van der Waals surface area (Å²) in [6.45, 7) is 0.427. The number of hydrogen-bond donors (Lipinski definition) is 1. The standard InChI is InChI=1S/C16H16N4O4/c1-19-12-6-3-2-5-11(12)18-14(19)7-4-10-17-16(21)13-8-9-15(24-13)20(22)23/h2-3,5-6,8-9H,4,7,10H2,1H3,(H,17,21). The minimum Gasteiger partial charge on any atom is -0.395 e. The minimum atomic E-state index is -0.678. The molecule has 0 aliphatic heterocycles. The number of nitrogens with zero attached hydrogens (tertiary/aromatic N) is 3. The molecule has 24 heavy (non-hydrogen) atoms. The molecular formula is C16H16N4O4. The first kappa shape index (κ1) is 15.7. The summed E-state index contributed by atoms with van der Waals surface area (Å²) >= 11 is 0. The molecule has 3 aromatic rings. The van der Waals surface area contributed by atoms with Crippen molar-refractivity contribution >= 4 is 22.8 Å². The third-order valence-corrected chi connectivity index (χ3v) is 3.74. The second-order valence-electron chi connectivity index (χ2n) is 5.33. The lowest BCUT2D eigenvalue weighted by atomic mass is 10.3. The van der Waals surface area contributed by atoms with Crippen LogP contribution >= 0.6 is 0 Å². The molecule has 0 saturated heterocycles. The molecule has 0 spiro atoms. The number of imidazole rings is 1. The van der Waals surface area contributed by atoms with Crippen LogP contribution in [0, 0.1) is 10.1 Å². The highest BCUT2D eigenvalue weighted by atomic mass is 16.6. The van der Waals surface area contributed by atoms with E-state index in [0.29, 0.717) is 19.4 Å². The lowest BCUT2D eigenvalue weighted by Gasteiger charge is -2.04. The van der Waals surface area contributed by atoms with Gasteiger partial charge in [0.1, 0.15) is 10.7 Å². The van der Waals surface area contributed by atoms with Crippen LogP contribution in [0.5, 0.6) is 0 Å².